The number of carboxylic acids is 1. The summed E-state index contributed by atoms with van der Waals surface area (Å²) in [5, 5.41) is 12.5. The van der Waals surface area contributed by atoms with E-state index in [4.69, 9.17) is 25.9 Å². The van der Waals surface area contributed by atoms with Crippen molar-refractivity contribution >= 4 is 29.2 Å². The normalized spacial score (nSPS) is 11.0. The summed E-state index contributed by atoms with van der Waals surface area (Å²) in [6, 6.07) is 15.9. The van der Waals surface area contributed by atoms with E-state index in [1.807, 2.05) is 0 Å². The topological polar surface area (TPSA) is 129 Å². The lowest BCUT2D eigenvalue weighted by atomic mass is 10.2. The van der Waals surface area contributed by atoms with Crippen LogP contribution in [0.15, 0.2) is 74.7 Å². The van der Waals surface area contributed by atoms with Crippen molar-refractivity contribution in [1.82, 2.24) is 14.1 Å². The van der Waals surface area contributed by atoms with Gasteiger partial charge in [0.25, 0.3) is 5.95 Å². The average Bonchev–Trinajstić information content (AvgIpc) is 3.27. The number of aromatic nitrogens is 3. The monoisotopic (exact) mass is 496 g/mol. The zero-order valence-electron chi connectivity index (χ0n) is 18.8. The highest BCUT2D eigenvalue weighted by Crippen LogP contribution is 2.26. The molecule has 0 unspecified atom stereocenters. The number of hydrogen-bond donors (Lipinski definition) is 2. The predicted octanol–water partition coefficient (Wildman–Crippen LogP) is 4.51. The molecule has 0 amide bonds. The van der Waals surface area contributed by atoms with Crippen LogP contribution < -0.4 is 21.4 Å². The summed E-state index contributed by atoms with van der Waals surface area (Å²) in [4.78, 5) is 40.8. The molecule has 4 aromatic rings. The van der Waals surface area contributed by atoms with Gasteiger partial charge in [-0.05, 0) is 61.9 Å². The number of aromatic carboxylic acids is 1. The van der Waals surface area contributed by atoms with Crippen LogP contribution in [-0.2, 0) is 6.54 Å². The second kappa shape index (κ2) is 9.90. The Labute approximate surface area is 204 Å². The molecule has 0 aliphatic heterocycles. The molecule has 0 aliphatic rings. The maximum atomic E-state index is 13.2. The van der Waals surface area contributed by atoms with Gasteiger partial charge in [-0.25, -0.2) is 19.0 Å². The molecule has 11 heteroatoms. The Hall–Kier alpha value is -4.31. The zero-order chi connectivity index (χ0) is 25.1. The van der Waals surface area contributed by atoms with Crippen molar-refractivity contribution in [3.05, 3.63) is 98.0 Å². The summed E-state index contributed by atoms with van der Waals surface area (Å²) in [7, 11) is 0. The van der Waals surface area contributed by atoms with E-state index in [0.717, 1.165) is 10.1 Å². The van der Waals surface area contributed by atoms with Crippen molar-refractivity contribution in [2.45, 2.75) is 26.4 Å². The van der Waals surface area contributed by atoms with Gasteiger partial charge < -0.3 is 19.6 Å². The Balaban J connectivity index is 1.62. The van der Waals surface area contributed by atoms with Gasteiger partial charge in [-0.2, -0.15) is 4.98 Å². The molecule has 0 fully saturated rings. The Morgan fingerprint density at radius 2 is 1.77 bits per heavy atom. The van der Waals surface area contributed by atoms with Gasteiger partial charge in [0.15, 0.2) is 0 Å². The van der Waals surface area contributed by atoms with Crippen LogP contribution in [0.2, 0.25) is 5.02 Å². The third kappa shape index (κ3) is 5.44. The van der Waals surface area contributed by atoms with Crippen LogP contribution in [-0.4, -0.2) is 25.2 Å². The van der Waals surface area contributed by atoms with Crippen molar-refractivity contribution in [3.8, 4) is 11.7 Å². The van der Waals surface area contributed by atoms with Gasteiger partial charge in [-0.3, -0.25) is 4.57 Å². The van der Waals surface area contributed by atoms with Crippen LogP contribution in [0.4, 0.5) is 11.6 Å². The van der Waals surface area contributed by atoms with E-state index < -0.39 is 17.3 Å². The fourth-order valence-electron chi connectivity index (χ4n) is 3.30. The molecule has 0 atom stereocenters. The number of benzene rings is 2. The summed E-state index contributed by atoms with van der Waals surface area (Å²) in [5.74, 6) is -0.935. The molecule has 2 aromatic carbocycles. The standard InChI is InChI=1S/C24H21ClN4O6/c1-14(2)29-23(32)27-22(28(24(29)33)13-15-3-5-16(25)6-4-15)26-17-7-9-18(10-8-17)34-20-12-11-19(35-20)21(30)31/h3-12,14H,13H2,1-2H3,(H,30,31)(H,26,27,32). The molecule has 4 rings (SSSR count). The first-order valence-electron chi connectivity index (χ1n) is 10.6. The number of anilines is 2. The second-order valence-corrected chi connectivity index (χ2v) is 8.29. The van der Waals surface area contributed by atoms with Crippen molar-refractivity contribution in [2.75, 3.05) is 5.32 Å². The lowest BCUT2D eigenvalue weighted by Crippen LogP contribution is -2.43. The van der Waals surface area contributed by atoms with Crippen molar-refractivity contribution in [2.24, 2.45) is 0 Å². The number of hydrogen-bond acceptors (Lipinski definition) is 7. The Bertz CT molecular complexity index is 1470. The van der Waals surface area contributed by atoms with Gasteiger partial charge in [-0.15, -0.1) is 0 Å². The van der Waals surface area contributed by atoms with Crippen LogP contribution in [0.1, 0.15) is 36.0 Å². The molecule has 10 nitrogen and oxygen atoms in total. The molecule has 0 bridgehead atoms. The number of halogens is 1. The van der Waals surface area contributed by atoms with Crippen LogP contribution in [0.5, 0.6) is 11.7 Å². The van der Waals surface area contributed by atoms with Gasteiger partial charge in [0.05, 0.1) is 6.54 Å². The molecule has 0 spiro atoms. The molecule has 0 aliphatic carbocycles. The maximum absolute atomic E-state index is 13.2. The predicted molar refractivity (Wildman–Crippen MR) is 129 cm³/mol. The van der Waals surface area contributed by atoms with E-state index in [2.05, 4.69) is 10.3 Å². The lowest BCUT2D eigenvalue weighted by molar-refractivity contribution is 0.0657. The van der Waals surface area contributed by atoms with E-state index in [1.165, 1.54) is 16.7 Å². The highest BCUT2D eigenvalue weighted by molar-refractivity contribution is 6.30. The molecule has 2 aromatic heterocycles. The highest BCUT2D eigenvalue weighted by atomic mass is 35.5. The first-order valence-corrected chi connectivity index (χ1v) is 10.9. The first kappa shape index (κ1) is 23.8. The number of furan rings is 1. The van der Waals surface area contributed by atoms with Gasteiger partial charge in [0, 0.05) is 22.8 Å². The summed E-state index contributed by atoms with van der Waals surface area (Å²) in [6.07, 6.45) is 0. The zero-order valence-corrected chi connectivity index (χ0v) is 19.5. The van der Waals surface area contributed by atoms with Crippen molar-refractivity contribution in [3.63, 3.8) is 0 Å². The van der Waals surface area contributed by atoms with E-state index in [9.17, 15) is 14.4 Å². The molecule has 0 radical (unpaired) electrons. The minimum absolute atomic E-state index is 0.0267. The number of rotatable bonds is 8. The highest BCUT2D eigenvalue weighted by Gasteiger charge is 2.16. The fraction of sp³-hybridized carbons (Fsp3) is 0.167. The minimum Gasteiger partial charge on any atom is -0.475 e. The maximum Gasteiger partial charge on any atom is 0.371 e. The summed E-state index contributed by atoms with van der Waals surface area (Å²) < 4.78 is 13.1. The summed E-state index contributed by atoms with van der Waals surface area (Å²) in [5.41, 5.74) is 0.191. The molecule has 2 heterocycles. The van der Waals surface area contributed by atoms with E-state index in [-0.39, 0.29) is 30.2 Å². The third-order valence-corrected chi connectivity index (χ3v) is 5.24. The Kier molecular flexibility index (Phi) is 6.74. The minimum atomic E-state index is -1.20. The Morgan fingerprint density at radius 1 is 1.09 bits per heavy atom. The summed E-state index contributed by atoms with van der Waals surface area (Å²) >= 11 is 5.97. The molecular weight excluding hydrogens is 476 g/mol. The molecule has 180 valence electrons. The number of nitrogens with zero attached hydrogens (tertiary/aromatic N) is 3. The quantitative estimate of drug-likeness (QED) is 0.364. The van der Waals surface area contributed by atoms with Crippen molar-refractivity contribution < 1.29 is 19.1 Å². The molecule has 2 N–H and O–H groups in total. The number of ether oxygens (including phenoxy) is 1. The van der Waals surface area contributed by atoms with Crippen LogP contribution >= 0.6 is 11.6 Å². The number of carboxylic acid groups (broad SMARTS) is 1. The van der Waals surface area contributed by atoms with Crippen LogP contribution in [0.25, 0.3) is 0 Å². The SMILES string of the molecule is CC(C)n1c(=O)nc(Nc2ccc(Oc3ccc(C(=O)O)o3)cc2)n(Cc2ccc(Cl)cc2)c1=O. The Morgan fingerprint density at radius 3 is 2.37 bits per heavy atom. The number of carbonyl (C=O) groups is 1. The largest absolute Gasteiger partial charge is 0.475 e. The van der Waals surface area contributed by atoms with Gasteiger partial charge in [0.1, 0.15) is 5.75 Å². The summed E-state index contributed by atoms with van der Waals surface area (Å²) in [6.45, 7) is 3.65. The fourth-order valence-corrected chi connectivity index (χ4v) is 3.43. The van der Waals surface area contributed by atoms with Crippen LogP contribution in [0, 0.1) is 0 Å². The second-order valence-electron chi connectivity index (χ2n) is 7.85. The van der Waals surface area contributed by atoms with Gasteiger partial charge in [0.2, 0.25) is 11.7 Å². The van der Waals surface area contributed by atoms with Crippen LogP contribution in [0.3, 0.4) is 0 Å². The smallest absolute Gasteiger partial charge is 0.371 e. The molecule has 35 heavy (non-hydrogen) atoms. The third-order valence-electron chi connectivity index (χ3n) is 4.99. The van der Waals surface area contributed by atoms with E-state index in [0.29, 0.717) is 16.5 Å². The average molecular weight is 497 g/mol. The molecule has 0 saturated carbocycles. The first-order chi connectivity index (χ1) is 16.7. The van der Waals surface area contributed by atoms with E-state index in [1.54, 1.807) is 62.4 Å². The van der Waals surface area contributed by atoms with Gasteiger partial charge >= 0.3 is 17.3 Å². The van der Waals surface area contributed by atoms with E-state index >= 15 is 0 Å². The lowest BCUT2D eigenvalue weighted by Gasteiger charge is -2.17. The van der Waals surface area contributed by atoms with Gasteiger partial charge in [-0.1, -0.05) is 23.7 Å². The van der Waals surface area contributed by atoms with Crippen molar-refractivity contribution in [1.29, 1.82) is 0 Å². The number of nitrogens with one attached hydrogen (secondary N) is 1. The molecular formula is C24H21ClN4O6. The molecule has 0 saturated heterocycles.